The molecule has 0 bridgehead atoms. The lowest BCUT2D eigenvalue weighted by Crippen LogP contribution is -2.19. The maximum Gasteiger partial charge on any atom is 0.339 e. The summed E-state index contributed by atoms with van der Waals surface area (Å²) >= 11 is 0. The van der Waals surface area contributed by atoms with Gasteiger partial charge in [-0.3, -0.25) is 4.18 Å². The molecule has 1 aliphatic carbocycles. The molecule has 7 heteroatoms. The summed E-state index contributed by atoms with van der Waals surface area (Å²) in [6.07, 6.45) is 9.87. The maximum atomic E-state index is 12.0. The van der Waals surface area contributed by atoms with E-state index in [1.54, 1.807) is 42.7 Å². The summed E-state index contributed by atoms with van der Waals surface area (Å²) in [7, 11) is -4.01. The smallest absolute Gasteiger partial charge is 0.339 e. The number of carbonyl (C=O) groups excluding carboxylic acids is 1. The first-order valence-electron chi connectivity index (χ1n) is 7.53. The van der Waals surface area contributed by atoms with Crippen molar-refractivity contribution in [1.82, 2.24) is 0 Å². The molecule has 0 aromatic heterocycles. The van der Waals surface area contributed by atoms with E-state index in [0.29, 0.717) is 0 Å². The van der Waals surface area contributed by atoms with Crippen molar-refractivity contribution in [3.63, 3.8) is 0 Å². The van der Waals surface area contributed by atoms with Gasteiger partial charge in [-0.05, 0) is 36.8 Å². The second-order valence-corrected chi connectivity index (χ2v) is 7.07. The molecule has 6 nitrogen and oxygen atoms in total. The average molecular weight is 360 g/mol. The summed E-state index contributed by atoms with van der Waals surface area (Å²) < 4.78 is 39.3. The van der Waals surface area contributed by atoms with Crippen LogP contribution >= 0.6 is 0 Å². The Morgan fingerprint density at radius 1 is 1.20 bits per heavy atom. The van der Waals surface area contributed by atoms with Gasteiger partial charge in [0, 0.05) is 6.08 Å². The molecule has 0 spiro atoms. The third kappa shape index (κ3) is 4.26. The molecule has 0 amide bonds. The molecule has 0 saturated carbocycles. The van der Waals surface area contributed by atoms with Crippen LogP contribution in [0.15, 0.2) is 77.1 Å². The molecular weight excluding hydrogens is 344 g/mol. The van der Waals surface area contributed by atoms with E-state index < -0.39 is 22.7 Å². The van der Waals surface area contributed by atoms with Crippen molar-refractivity contribution in [2.24, 2.45) is 0 Å². The third-order valence-electron chi connectivity index (χ3n) is 3.55. The van der Waals surface area contributed by atoms with E-state index in [9.17, 15) is 13.2 Å². The average Bonchev–Trinajstić information content (AvgIpc) is 2.60. The predicted octanol–water partition coefficient (Wildman–Crippen LogP) is 2.54. The summed E-state index contributed by atoms with van der Waals surface area (Å²) in [5.74, 6) is -0.538. The minimum Gasteiger partial charge on any atom is -0.489 e. The standard InChI is InChI=1S/C18H16O6S/c1-13-4-8-16(9-5-13)25(20,21)23-12-18(19)24-15-7-6-14-3-2-10-22-17(14)11-15/h2-11,17H,12H2,1H3. The Morgan fingerprint density at radius 3 is 2.72 bits per heavy atom. The van der Waals surface area contributed by atoms with Gasteiger partial charge in [-0.15, -0.1) is 0 Å². The van der Waals surface area contributed by atoms with Crippen LogP contribution in [0.3, 0.4) is 0 Å². The highest BCUT2D eigenvalue weighted by Crippen LogP contribution is 2.23. The van der Waals surface area contributed by atoms with Crippen molar-refractivity contribution in [1.29, 1.82) is 0 Å². The largest absolute Gasteiger partial charge is 0.489 e. The summed E-state index contributed by atoms with van der Waals surface area (Å²) in [6.45, 7) is 1.13. The summed E-state index contributed by atoms with van der Waals surface area (Å²) in [6, 6.07) is 6.14. The van der Waals surface area contributed by atoms with Crippen LogP contribution in [0, 0.1) is 6.92 Å². The van der Waals surface area contributed by atoms with Crippen LogP contribution in [0.5, 0.6) is 0 Å². The van der Waals surface area contributed by atoms with E-state index in [0.717, 1.165) is 11.1 Å². The van der Waals surface area contributed by atoms with E-state index in [1.165, 1.54) is 12.1 Å². The lowest BCUT2D eigenvalue weighted by atomic mass is 10.0. The Balaban J connectivity index is 1.57. The van der Waals surface area contributed by atoms with Crippen LogP contribution in [-0.4, -0.2) is 27.1 Å². The van der Waals surface area contributed by atoms with Crippen molar-refractivity contribution < 1.29 is 26.9 Å². The Morgan fingerprint density at radius 2 is 1.96 bits per heavy atom. The molecule has 25 heavy (non-hydrogen) atoms. The van der Waals surface area contributed by atoms with Gasteiger partial charge in [0.15, 0.2) is 6.61 Å². The minimum atomic E-state index is -4.01. The number of rotatable bonds is 5. The lowest BCUT2D eigenvalue weighted by molar-refractivity contribution is -0.141. The number of allylic oxidation sites excluding steroid dienone is 3. The fourth-order valence-corrected chi connectivity index (χ4v) is 3.11. The molecular formula is C18H16O6S. The lowest BCUT2D eigenvalue weighted by Gasteiger charge is -2.21. The van der Waals surface area contributed by atoms with Gasteiger partial charge >= 0.3 is 5.97 Å². The van der Waals surface area contributed by atoms with Crippen molar-refractivity contribution in [3.05, 3.63) is 77.8 Å². The monoisotopic (exact) mass is 360 g/mol. The van der Waals surface area contributed by atoms with Gasteiger partial charge in [0.25, 0.3) is 10.1 Å². The molecule has 3 rings (SSSR count). The van der Waals surface area contributed by atoms with Gasteiger partial charge in [0.1, 0.15) is 11.9 Å². The van der Waals surface area contributed by atoms with Crippen LogP contribution in [0.25, 0.3) is 0 Å². The molecule has 1 unspecified atom stereocenters. The van der Waals surface area contributed by atoms with Crippen LogP contribution in [0.2, 0.25) is 0 Å². The normalized spacial score (nSPS) is 18.7. The molecule has 1 aliphatic heterocycles. The highest BCUT2D eigenvalue weighted by atomic mass is 32.2. The summed E-state index contributed by atoms with van der Waals surface area (Å²) in [5.41, 5.74) is 1.85. The zero-order valence-corrected chi connectivity index (χ0v) is 14.2. The second-order valence-electron chi connectivity index (χ2n) is 5.46. The number of hydrogen-bond acceptors (Lipinski definition) is 6. The number of hydrogen-bond donors (Lipinski definition) is 0. The third-order valence-corrected chi connectivity index (χ3v) is 4.83. The van der Waals surface area contributed by atoms with Gasteiger partial charge < -0.3 is 9.47 Å². The molecule has 0 saturated heterocycles. The van der Waals surface area contributed by atoms with Crippen LogP contribution < -0.4 is 0 Å². The quantitative estimate of drug-likeness (QED) is 0.593. The first-order chi connectivity index (χ1) is 11.9. The van der Waals surface area contributed by atoms with Gasteiger partial charge in [-0.1, -0.05) is 29.8 Å². The Kier molecular flexibility index (Phi) is 4.87. The molecule has 0 radical (unpaired) electrons. The molecule has 2 aliphatic rings. The topological polar surface area (TPSA) is 78.9 Å². The summed E-state index contributed by atoms with van der Waals surface area (Å²) in [4.78, 5) is 11.8. The van der Waals surface area contributed by atoms with Crippen LogP contribution in [0.4, 0.5) is 0 Å². The van der Waals surface area contributed by atoms with Gasteiger partial charge in [-0.2, -0.15) is 8.42 Å². The molecule has 1 atom stereocenters. The van der Waals surface area contributed by atoms with Crippen LogP contribution in [0.1, 0.15) is 5.56 Å². The van der Waals surface area contributed by atoms with Gasteiger partial charge in [0.2, 0.25) is 0 Å². The van der Waals surface area contributed by atoms with E-state index in [4.69, 9.17) is 13.7 Å². The van der Waals surface area contributed by atoms with Gasteiger partial charge in [0.05, 0.1) is 11.2 Å². The highest BCUT2D eigenvalue weighted by molar-refractivity contribution is 7.86. The van der Waals surface area contributed by atoms with Crippen molar-refractivity contribution in [2.45, 2.75) is 17.9 Å². The summed E-state index contributed by atoms with van der Waals surface area (Å²) in [5, 5.41) is 0. The van der Waals surface area contributed by atoms with Crippen molar-refractivity contribution in [3.8, 4) is 0 Å². The van der Waals surface area contributed by atoms with Crippen molar-refractivity contribution >= 4 is 16.1 Å². The Hall–Kier alpha value is -2.64. The number of ether oxygens (including phenoxy) is 2. The fourth-order valence-electron chi connectivity index (χ4n) is 2.25. The SMILES string of the molecule is Cc1ccc(S(=O)(=O)OCC(=O)OC2=CC3OC=CC=C3C=C2)cc1. The van der Waals surface area contributed by atoms with Crippen molar-refractivity contribution in [2.75, 3.05) is 6.61 Å². The van der Waals surface area contributed by atoms with E-state index in [-0.39, 0.29) is 16.8 Å². The number of esters is 1. The first-order valence-corrected chi connectivity index (χ1v) is 8.94. The molecule has 1 aromatic rings. The Bertz CT molecular complexity index is 888. The molecule has 0 N–H and O–H groups in total. The fraction of sp³-hybridized carbons (Fsp3) is 0.167. The van der Waals surface area contributed by atoms with E-state index in [1.807, 2.05) is 13.0 Å². The highest BCUT2D eigenvalue weighted by Gasteiger charge is 2.21. The first kappa shape index (κ1) is 17.2. The maximum absolute atomic E-state index is 12.0. The molecule has 1 aromatic carbocycles. The van der Waals surface area contributed by atoms with Gasteiger partial charge in [-0.25, -0.2) is 4.79 Å². The van der Waals surface area contributed by atoms with Crippen LogP contribution in [-0.2, 0) is 28.6 Å². The zero-order chi connectivity index (χ0) is 17.9. The Labute approximate surface area is 145 Å². The number of aryl methyl sites for hydroxylation is 1. The van der Waals surface area contributed by atoms with E-state index in [2.05, 4.69) is 0 Å². The van der Waals surface area contributed by atoms with E-state index >= 15 is 0 Å². The molecule has 0 fully saturated rings. The number of fused-ring (bicyclic) bond motifs is 1. The predicted molar refractivity (Wildman–Crippen MR) is 89.7 cm³/mol. The second kappa shape index (κ2) is 7.08. The molecule has 130 valence electrons. The zero-order valence-electron chi connectivity index (χ0n) is 13.4. The minimum absolute atomic E-state index is 0.0140. The number of benzene rings is 1. The number of carbonyl (C=O) groups is 1. The molecule has 1 heterocycles.